The third kappa shape index (κ3) is 3.67. The molecule has 0 saturated carbocycles. The maximum atomic E-state index is 4.42. The molecule has 112 valence electrons. The van der Waals surface area contributed by atoms with Gasteiger partial charge in [0.15, 0.2) is 0 Å². The molecule has 0 radical (unpaired) electrons. The van der Waals surface area contributed by atoms with Crippen LogP contribution in [0.3, 0.4) is 0 Å². The summed E-state index contributed by atoms with van der Waals surface area (Å²) in [6.45, 7) is 6.42. The second kappa shape index (κ2) is 6.80. The van der Waals surface area contributed by atoms with E-state index in [9.17, 15) is 0 Å². The Bertz CT molecular complexity index is 551. The Kier molecular flexibility index (Phi) is 4.60. The summed E-state index contributed by atoms with van der Waals surface area (Å²) < 4.78 is 2.04. The van der Waals surface area contributed by atoms with Gasteiger partial charge < -0.3 is 0 Å². The second-order valence-electron chi connectivity index (χ2n) is 5.82. The van der Waals surface area contributed by atoms with Crippen molar-refractivity contribution in [3.8, 4) is 0 Å². The van der Waals surface area contributed by atoms with Crippen molar-refractivity contribution in [3.63, 3.8) is 0 Å². The second-order valence-corrected chi connectivity index (χ2v) is 5.82. The molecule has 3 heterocycles. The zero-order chi connectivity index (χ0) is 14.5. The van der Waals surface area contributed by atoms with Crippen LogP contribution in [0.15, 0.2) is 31.0 Å². The van der Waals surface area contributed by atoms with Crippen molar-refractivity contribution in [1.82, 2.24) is 24.6 Å². The zero-order valence-electron chi connectivity index (χ0n) is 12.6. The molecule has 0 spiro atoms. The van der Waals surface area contributed by atoms with Crippen LogP contribution in [0.5, 0.6) is 0 Å². The summed E-state index contributed by atoms with van der Waals surface area (Å²) in [7, 11) is 0. The number of nitrogens with zero attached hydrogens (tertiary/aromatic N) is 5. The van der Waals surface area contributed by atoms with Crippen molar-refractivity contribution in [3.05, 3.63) is 42.2 Å². The maximum Gasteiger partial charge on any atom is 0.115 e. The van der Waals surface area contributed by atoms with Crippen molar-refractivity contribution in [2.45, 2.75) is 45.2 Å². The molecule has 1 saturated heterocycles. The summed E-state index contributed by atoms with van der Waals surface area (Å²) in [4.78, 5) is 10.9. The van der Waals surface area contributed by atoms with Gasteiger partial charge in [-0.3, -0.25) is 9.58 Å². The van der Waals surface area contributed by atoms with Gasteiger partial charge in [-0.1, -0.05) is 6.92 Å². The lowest BCUT2D eigenvalue weighted by atomic mass is 9.94. The molecule has 2 aromatic heterocycles. The highest BCUT2D eigenvalue weighted by Crippen LogP contribution is 2.25. The fraction of sp³-hybridized carbons (Fsp3) is 0.562. The average molecular weight is 285 g/mol. The van der Waals surface area contributed by atoms with Crippen molar-refractivity contribution in [2.24, 2.45) is 0 Å². The molecule has 21 heavy (non-hydrogen) atoms. The van der Waals surface area contributed by atoms with E-state index in [1.54, 1.807) is 6.33 Å². The molecule has 0 N–H and O–H groups in total. The summed E-state index contributed by atoms with van der Waals surface area (Å²) in [6.07, 6.45) is 11.3. The SMILES string of the molecule is CCCn1cc(CN2CCCC(c3ccncn3)C2)cn1. The third-order valence-electron chi connectivity index (χ3n) is 4.07. The van der Waals surface area contributed by atoms with Gasteiger partial charge in [-0.15, -0.1) is 0 Å². The fourth-order valence-electron chi connectivity index (χ4n) is 3.08. The molecule has 1 aliphatic heterocycles. The Morgan fingerprint density at radius 1 is 1.38 bits per heavy atom. The first-order chi connectivity index (χ1) is 10.3. The lowest BCUT2D eigenvalue weighted by Crippen LogP contribution is -2.34. The van der Waals surface area contributed by atoms with E-state index >= 15 is 0 Å². The van der Waals surface area contributed by atoms with Gasteiger partial charge >= 0.3 is 0 Å². The molecule has 5 heteroatoms. The quantitative estimate of drug-likeness (QED) is 0.846. The van der Waals surface area contributed by atoms with E-state index in [-0.39, 0.29) is 0 Å². The molecule has 1 fully saturated rings. The highest BCUT2D eigenvalue weighted by atomic mass is 15.3. The smallest absolute Gasteiger partial charge is 0.115 e. The Morgan fingerprint density at radius 3 is 3.14 bits per heavy atom. The van der Waals surface area contributed by atoms with E-state index in [0.29, 0.717) is 5.92 Å². The average Bonchev–Trinajstić information content (AvgIpc) is 2.96. The van der Waals surface area contributed by atoms with Gasteiger partial charge in [-0.25, -0.2) is 9.97 Å². The van der Waals surface area contributed by atoms with Crippen LogP contribution in [0.2, 0.25) is 0 Å². The third-order valence-corrected chi connectivity index (χ3v) is 4.07. The number of aryl methyl sites for hydroxylation is 1. The number of aromatic nitrogens is 4. The Hall–Kier alpha value is -1.75. The summed E-state index contributed by atoms with van der Waals surface area (Å²) >= 11 is 0. The largest absolute Gasteiger partial charge is 0.298 e. The minimum absolute atomic E-state index is 0.535. The van der Waals surface area contributed by atoms with Crippen LogP contribution < -0.4 is 0 Å². The van der Waals surface area contributed by atoms with Crippen LogP contribution in [0.4, 0.5) is 0 Å². The highest BCUT2D eigenvalue weighted by molar-refractivity contribution is 5.09. The van der Waals surface area contributed by atoms with Gasteiger partial charge in [-0.05, 0) is 31.9 Å². The van der Waals surface area contributed by atoms with Crippen LogP contribution in [0.1, 0.15) is 43.4 Å². The molecule has 0 amide bonds. The number of hydrogen-bond acceptors (Lipinski definition) is 4. The van der Waals surface area contributed by atoms with E-state index in [1.807, 2.05) is 23.1 Å². The minimum atomic E-state index is 0.535. The van der Waals surface area contributed by atoms with Gasteiger partial charge in [0, 0.05) is 49.2 Å². The summed E-state index contributed by atoms with van der Waals surface area (Å²) in [5, 5.41) is 4.42. The molecule has 0 aromatic carbocycles. The standard InChI is InChI=1S/C16H23N5/c1-2-7-21-11-14(9-19-21)10-20-8-3-4-15(12-20)16-5-6-17-13-18-16/h5-6,9,11,13,15H,2-4,7-8,10,12H2,1H3. The molecule has 2 aromatic rings. The van der Waals surface area contributed by atoms with Crippen molar-refractivity contribution >= 4 is 0 Å². The van der Waals surface area contributed by atoms with Crippen molar-refractivity contribution < 1.29 is 0 Å². The molecule has 1 atom stereocenters. The number of hydrogen-bond donors (Lipinski definition) is 0. The van der Waals surface area contributed by atoms with Gasteiger partial charge in [-0.2, -0.15) is 5.10 Å². The van der Waals surface area contributed by atoms with Crippen LogP contribution >= 0.6 is 0 Å². The maximum absolute atomic E-state index is 4.42. The van der Waals surface area contributed by atoms with Crippen LogP contribution in [-0.4, -0.2) is 37.7 Å². The van der Waals surface area contributed by atoms with Gasteiger partial charge in [0.2, 0.25) is 0 Å². The molecular formula is C16H23N5. The predicted molar refractivity (Wildman–Crippen MR) is 81.8 cm³/mol. The van der Waals surface area contributed by atoms with Crippen LogP contribution in [0.25, 0.3) is 0 Å². The number of piperidine rings is 1. The summed E-state index contributed by atoms with van der Waals surface area (Å²) in [5.41, 5.74) is 2.49. The molecule has 5 nitrogen and oxygen atoms in total. The van der Waals surface area contributed by atoms with Crippen molar-refractivity contribution in [1.29, 1.82) is 0 Å². The Labute approximate surface area is 126 Å². The van der Waals surface area contributed by atoms with Gasteiger partial charge in [0.1, 0.15) is 6.33 Å². The van der Waals surface area contributed by atoms with Crippen LogP contribution in [0, 0.1) is 0 Å². The number of likely N-dealkylation sites (tertiary alicyclic amines) is 1. The summed E-state index contributed by atoms with van der Waals surface area (Å²) in [5.74, 6) is 0.535. The predicted octanol–water partition coefficient (Wildman–Crippen LogP) is 2.46. The van der Waals surface area contributed by atoms with Crippen LogP contribution in [-0.2, 0) is 13.1 Å². The van der Waals surface area contributed by atoms with E-state index in [4.69, 9.17) is 0 Å². The molecule has 1 unspecified atom stereocenters. The monoisotopic (exact) mass is 285 g/mol. The molecule has 1 aliphatic rings. The van der Waals surface area contributed by atoms with Gasteiger partial charge in [0.05, 0.1) is 6.20 Å². The van der Waals surface area contributed by atoms with E-state index in [1.165, 1.54) is 30.6 Å². The fourth-order valence-corrected chi connectivity index (χ4v) is 3.08. The molecule has 0 aliphatic carbocycles. The van der Waals surface area contributed by atoms with E-state index < -0.39 is 0 Å². The first-order valence-corrected chi connectivity index (χ1v) is 7.84. The topological polar surface area (TPSA) is 46.8 Å². The molecular weight excluding hydrogens is 262 g/mol. The minimum Gasteiger partial charge on any atom is -0.298 e. The Balaban J connectivity index is 1.60. The lowest BCUT2D eigenvalue weighted by Gasteiger charge is -2.32. The summed E-state index contributed by atoms with van der Waals surface area (Å²) in [6, 6.07) is 2.05. The highest BCUT2D eigenvalue weighted by Gasteiger charge is 2.22. The van der Waals surface area contributed by atoms with Gasteiger partial charge in [0.25, 0.3) is 0 Å². The molecule has 3 rings (SSSR count). The zero-order valence-corrected chi connectivity index (χ0v) is 12.6. The Morgan fingerprint density at radius 2 is 2.33 bits per heavy atom. The lowest BCUT2D eigenvalue weighted by molar-refractivity contribution is 0.198. The number of rotatable bonds is 5. The van der Waals surface area contributed by atoms with Crippen molar-refractivity contribution in [2.75, 3.05) is 13.1 Å². The first kappa shape index (κ1) is 14.2. The molecule has 0 bridgehead atoms. The normalized spacial score (nSPS) is 19.8. The van der Waals surface area contributed by atoms with E-state index in [2.05, 4.69) is 33.1 Å². The first-order valence-electron chi connectivity index (χ1n) is 7.84. The van der Waals surface area contributed by atoms with E-state index in [0.717, 1.165) is 26.1 Å².